The van der Waals surface area contributed by atoms with Crippen molar-refractivity contribution in [3.8, 4) is 0 Å². The van der Waals surface area contributed by atoms with E-state index < -0.39 is 0 Å². The van der Waals surface area contributed by atoms with Gasteiger partial charge in [0.15, 0.2) is 0 Å². The molecule has 1 heterocycles. The molecule has 0 radical (unpaired) electrons. The molecule has 0 amide bonds. The van der Waals surface area contributed by atoms with Gasteiger partial charge in [0.25, 0.3) is 0 Å². The molecule has 0 bridgehead atoms. The molecule has 0 aliphatic heterocycles. The molecule has 4 heteroatoms. The zero-order chi connectivity index (χ0) is 12.8. The Hall–Kier alpha value is -1.55. The Bertz CT molecular complexity index is 446. The molecule has 96 valence electrons. The van der Waals surface area contributed by atoms with Crippen molar-refractivity contribution in [3.63, 3.8) is 0 Å². The van der Waals surface area contributed by atoms with Crippen LogP contribution in [-0.2, 0) is 6.54 Å². The van der Waals surface area contributed by atoms with Crippen molar-refractivity contribution in [2.45, 2.75) is 20.4 Å². The second kappa shape index (κ2) is 6.40. The van der Waals surface area contributed by atoms with Crippen LogP contribution >= 0.6 is 11.3 Å². The predicted molar refractivity (Wildman–Crippen MR) is 79.4 cm³/mol. The first kappa shape index (κ1) is 12.9. The van der Waals surface area contributed by atoms with Gasteiger partial charge in [-0.1, -0.05) is 0 Å². The predicted octanol–water partition coefficient (Wildman–Crippen LogP) is 3.60. The van der Waals surface area contributed by atoms with Gasteiger partial charge in [-0.15, -0.1) is 11.3 Å². The Morgan fingerprint density at radius 2 is 1.89 bits per heavy atom. The highest BCUT2D eigenvalue weighted by Gasteiger charge is 2.01. The largest absolute Gasteiger partial charge is 0.380 e. The third-order valence-electron chi connectivity index (χ3n) is 2.95. The van der Waals surface area contributed by atoms with Crippen LogP contribution in [0.3, 0.4) is 0 Å². The van der Waals surface area contributed by atoms with Crippen molar-refractivity contribution in [2.75, 3.05) is 23.3 Å². The third kappa shape index (κ3) is 3.23. The number of thiazole rings is 1. The lowest BCUT2D eigenvalue weighted by Gasteiger charge is -2.21. The minimum absolute atomic E-state index is 0.843. The van der Waals surface area contributed by atoms with Crippen LogP contribution in [0.2, 0.25) is 0 Å². The summed E-state index contributed by atoms with van der Waals surface area (Å²) in [5.41, 5.74) is 4.29. The molecule has 0 aliphatic rings. The van der Waals surface area contributed by atoms with Gasteiger partial charge in [0.05, 0.1) is 12.1 Å². The summed E-state index contributed by atoms with van der Waals surface area (Å²) in [5, 5.41) is 3.40. The van der Waals surface area contributed by atoms with Crippen LogP contribution < -0.4 is 10.2 Å². The molecular weight excluding hydrogens is 242 g/mol. The van der Waals surface area contributed by atoms with Crippen LogP contribution in [0.15, 0.2) is 36.0 Å². The third-order valence-corrected chi connectivity index (χ3v) is 3.73. The Morgan fingerprint density at radius 1 is 1.17 bits per heavy atom. The fourth-order valence-electron chi connectivity index (χ4n) is 1.90. The highest BCUT2D eigenvalue weighted by atomic mass is 32.1. The number of rotatable bonds is 6. The number of aromatic nitrogens is 1. The van der Waals surface area contributed by atoms with E-state index in [0.29, 0.717) is 0 Å². The molecule has 0 aliphatic carbocycles. The summed E-state index contributed by atoms with van der Waals surface area (Å²) < 4.78 is 0. The molecule has 0 atom stereocenters. The number of benzene rings is 1. The highest BCUT2D eigenvalue weighted by molar-refractivity contribution is 7.09. The van der Waals surface area contributed by atoms with Gasteiger partial charge in [-0.05, 0) is 38.1 Å². The lowest BCUT2D eigenvalue weighted by molar-refractivity contribution is 0.866. The Morgan fingerprint density at radius 3 is 2.44 bits per heavy atom. The lowest BCUT2D eigenvalue weighted by atomic mass is 10.2. The summed E-state index contributed by atoms with van der Waals surface area (Å²) in [6.45, 7) is 7.29. The normalized spacial score (nSPS) is 10.3. The molecule has 0 saturated carbocycles. The molecule has 18 heavy (non-hydrogen) atoms. The van der Waals surface area contributed by atoms with Crippen LogP contribution in [-0.4, -0.2) is 18.1 Å². The number of nitrogens with zero attached hydrogens (tertiary/aromatic N) is 2. The quantitative estimate of drug-likeness (QED) is 0.861. The first-order valence-corrected chi connectivity index (χ1v) is 7.17. The van der Waals surface area contributed by atoms with Crippen molar-refractivity contribution >= 4 is 22.7 Å². The summed E-state index contributed by atoms with van der Waals surface area (Å²) >= 11 is 1.68. The maximum atomic E-state index is 4.07. The zero-order valence-corrected chi connectivity index (χ0v) is 11.7. The van der Waals surface area contributed by atoms with E-state index in [1.807, 2.05) is 11.7 Å². The van der Waals surface area contributed by atoms with Gasteiger partial charge in [0.2, 0.25) is 0 Å². The van der Waals surface area contributed by atoms with Gasteiger partial charge in [-0.3, -0.25) is 4.98 Å². The van der Waals surface area contributed by atoms with Crippen molar-refractivity contribution in [2.24, 2.45) is 0 Å². The Labute approximate surface area is 112 Å². The van der Waals surface area contributed by atoms with E-state index in [1.54, 1.807) is 11.3 Å². The van der Waals surface area contributed by atoms with Gasteiger partial charge in [0.1, 0.15) is 0 Å². The summed E-state index contributed by atoms with van der Waals surface area (Å²) in [7, 11) is 0. The van der Waals surface area contributed by atoms with Gasteiger partial charge in [-0.2, -0.15) is 0 Å². The summed E-state index contributed by atoms with van der Waals surface area (Å²) in [6, 6.07) is 8.60. The summed E-state index contributed by atoms with van der Waals surface area (Å²) in [6.07, 6.45) is 1.90. The van der Waals surface area contributed by atoms with E-state index >= 15 is 0 Å². The topological polar surface area (TPSA) is 28.2 Å². The van der Waals surface area contributed by atoms with E-state index in [9.17, 15) is 0 Å². The van der Waals surface area contributed by atoms with E-state index in [-0.39, 0.29) is 0 Å². The Balaban J connectivity index is 1.95. The minimum Gasteiger partial charge on any atom is -0.380 e. The monoisotopic (exact) mass is 261 g/mol. The van der Waals surface area contributed by atoms with E-state index in [4.69, 9.17) is 0 Å². The second-order valence-corrected chi connectivity index (χ2v) is 5.01. The highest BCUT2D eigenvalue weighted by Crippen LogP contribution is 2.18. The molecule has 0 fully saturated rings. The van der Waals surface area contributed by atoms with Crippen LogP contribution in [0, 0.1) is 0 Å². The number of nitrogens with one attached hydrogen (secondary N) is 1. The van der Waals surface area contributed by atoms with Crippen LogP contribution in [0.4, 0.5) is 11.4 Å². The van der Waals surface area contributed by atoms with Gasteiger partial charge < -0.3 is 10.2 Å². The molecule has 2 aromatic rings. The number of hydrogen-bond acceptors (Lipinski definition) is 4. The van der Waals surface area contributed by atoms with Gasteiger partial charge >= 0.3 is 0 Å². The number of hydrogen-bond donors (Lipinski definition) is 1. The molecule has 3 nitrogen and oxygen atoms in total. The van der Waals surface area contributed by atoms with Crippen molar-refractivity contribution in [1.82, 2.24) is 4.98 Å². The standard InChI is InChI=1S/C14H19N3S/c1-3-17(4-2)13-7-5-12(6-8-13)16-10-14-9-15-11-18-14/h5-9,11,16H,3-4,10H2,1-2H3. The van der Waals surface area contributed by atoms with E-state index in [2.05, 4.69) is 53.3 Å². The van der Waals surface area contributed by atoms with E-state index in [0.717, 1.165) is 25.3 Å². The summed E-state index contributed by atoms with van der Waals surface area (Å²) in [4.78, 5) is 7.66. The van der Waals surface area contributed by atoms with Crippen LogP contribution in [0.5, 0.6) is 0 Å². The summed E-state index contributed by atoms with van der Waals surface area (Å²) in [5.74, 6) is 0. The lowest BCUT2D eigenvalue weighted by Crippen LogP contribution is -2.21. The fraction of sp³-hybridized carbons (Fsp3) is 0.357. The average Bonchev–Trinajstić information content (AvgIpc) is 2.92. The number of anilines is 2. The molecule has 0 saturated heterocycles. The van der Waals surface area contributed by atoms with Gasteiger partial charge in [-0.25, -0.2) is 0 Å². The Kier molecular flexibility index (Phi) is 4.59. The minimum atomic E-state index is 0.843. The first-order valence-electron chi connectivity index (χ1n) is 6.29. The SMILES string of the molecule is CCN(CC)c1ccc(NCc2cncs2)cc1. The first-order chi connectivity index (χ1) is 8.83. The second-order valence-electron chi connectivity index (χ2n) is 4.04. The maximum Gasteiger partial charge on any atom is 0.0794 e. The molecule has 0 spiro atoms. The molecule has 1 aromatic carbocycles. The zero-order valence-electron chi connectivity index (χ0n) is 10.9. The molecule has 1 N–H and O–H groups in total. The molecule has 2 rings (SSSR count). The molecule has 0 unspecified atom stereocenters. The van der Waals surface area contributed by atoms with Gasteiger partial charge in [0, 0.05) is 35.5 Å². The maximum absolute atomic E-state index is 4.07. The molecule has 1 aromatic heterocycles. The fourth-order valence-corrected chi connectivity index (χ4v) is 2.43. The van der Waals surface area contributed by atoms with Crippen LogP contribution in [0.1, 0.15) is 18.7 Å². The average molecular weight is 261 g/mol. The van der Waals surface area contributed by atoms with Crippen LogP contribution in [0.25, 0.3) is 0 Å². The van der Waals surface area contributed by atoms with Crippen molar-refractivity contribution in [1.29, 1.82) is 0 Å². The molecular formula is C14H19N3S. The van der Waals surface area contributed by atoms with Crippen molar-refractivity contribution in [3.05, 3.63) is 40.8 Å². The smallest absolute Gasteiger partial charge is 0.0794 e. The van der Waals surface area contributed by atoms with Crippen molar-refractivity contribution < 1.29 is 0 Å². The van der Waals surface area contributed by atoms with E-state index in [1.165, 1.54) is 10.6 Å².